The Morgan fingerprint density at radius 1 is 1.37 bits per heavy atom. The summed E-state index contributed by atoms with van der Waals surface area (Å²) in [7, 11) is 1.88. The van der Waals surface area contributed by atoms with Gasteiger partial charge in [0.05, 0.1) is 5.41 Å². The highest BCUT2D eigenvalue weighted by Gasteiger charge is 2.48. The Bertz CT molecular complexity index is 446. The average molecular weight is 260 g/mol. The maximum absolute atomic E-state index is 12.5. The first-order valence-electron chi connectivity index (χ1n) is 6.98. The maximum atomic E-state index is 12.5. The standard InChI is InChI=1S/C16H24N2O/c1-12-4-6-14(7-5-12)10-18(3)15(19)16(11-17)8-13(2)9-16/h4-7,13H,8-11,17H2,1-3H3. The van der Waals surface area contributed by atoms with Gasteiger partial charge >= 0.3 is 0 Å². The van der Waals surface area contributed by atoms with Crippen molar-refractivity contribution in [2.24, 2.45) is 17.1 Å². The molecule has 1 fully saturated rings. The van der Waals surface area contributed by atoms with E-state index in [4.69, 9.17) is 5.73 Å². The summed E-state index contributed by atoms with van der Waals surface area (Å²) in [6, 6.07) is 8.32. The molecule has 3 heteroatoms. The molecule has 1 aromatic rings. The van der Waals surface area contributed by atoms with Gasteiger partial charge in [-0.3, -0.25) is 4.79 Å². The zero-order chi connectivity index (χ0) is 14.0. The predicted molar refractivity (Wildman–Crippen MR) is 77.5 cm³/mol. The summed E-state index contributed by atoms with van der Waals surface area (Å²) in [5.74, 6) is 0.828. The summed E-state index contributed by atoms with van der Waals surface area (Å²) < 4.78 is 0. The predicted octanol–water partition coefficient (Wildman–Crippen LogP) is 2.33. The lowest BCUT2D eigenvalue weighted by atomic mass is 9.62. The van der Waals surface area contributed by atoms with Crippen molar-refractivity contribution in [1.29, 1.82) is 0 Å². The van der Waals surface area contributed by atoms with Crippen molar-refractivity contribution >= 4 is 5.91 Å². The summed E-state index contributed by atoms with van der Waals surface area (Å²) in [4.78, 5) is 14.4. The molecule has 1 amide bonds. The van der Waals surface area contributed by atoms with Crippen molar-refractivity contribution < 1.29 is 4.79 Å². The molecule has 2 N–H and O–H groups in total. The van der Waals surface area contributed by atoms with Crippen LogP contribution in [-0.4, -0.2) is 24.4 Å². The van der Waals surface area contributed by atoms with E-state index in [0.717, 1.165) is 12.8 Å². The minimum absolute atomic E-state index is 0.202. The van der Waals surface area contributed by atoms with Gasteiger partial charge in [-0.05, 0) is 31.2 Å². The summed E-state index contributed by atoms with van der Waals surface area (Å²) in [5, 5.41) is 0. The fourth-order valence-electron chi connectivity index (χ4n) is 3.15. The summed E-state index contributed by atoms with van der Waals surface area (Å²) in [6.07, 6.45) is 1.86. The Morgan fingerprint density at radius 3 is 2.42 bits per heavy atom. The minimum Gasteiger partial charge on any atom is -0.341 e. The molecule has 1 saturated carbocycles. The van der Waals surface area contributed by atoms with Crippen LogP contribution < -0.4 is 5.73 Å². The van der Waals surface area contributed by atoms with E-state index in [2.05, 4.69) is 38.1 Å². The van der Waals surface area contributed by atoms with Gasteiger partial charge in [-0.2, -0.15) is 0 Å². The van der Waals surface area contributed by atoms with Crippen LogP contribution in [0.4, 0.5) is 0 Å². The summed E-state index contributed by atoms with van der Waals surface area (Å²) in [6.45, 7) is 5.38. The van der Waals surface area contributed by atoms with E-state index in [1.54, 1.807) is 0 Å². The van der Waals surface area contributed by atoms with Crippen molar-refractivity contribution in [3.05, 3.63) is 35.4 Å². The zero-order valence-corrected chi connectivity index (χ0v) is 12.1. The highest BCUT2D eigenvalue weighted by Crippen LogP contribution is 2.45. The Morgan fingerprint density at radius 2 is 1.95 bits per heavy atom. The quantitative estimate of drug-likeness (QED) is 0.903. The number of nitrogens with two attached hydrogens (primary N) is 1. The zero-order valence-electron chi connectivity index (χ0n) is 12.1. The number of nitrogens with zero attached hydrogens (tertiary/aromatic N) is 1. The van der Waals surface area contributed by atoms with Gasteiger partial charge in [0.2, 0.25) is 5.91 Å². The second-order valence-corrected chi connectivity index (χ2v) is 6.14. The Balaban J connectivity index is 2.01. The van der Waals surface area contributed by atoms with Crippen molar-refractivity contribution in [1.82, 2.24) is 4.90 Å². The third kappa shape index (κ3) is 2.81. The Labute approximate surface area is 115 Å². The van der Waals surface area contributed by atoms with Crippen molar-refractivity contribution in [2.45, 2.75) is 33.2 Å². The van der Waals surface area contributed by atoms with Crippen molar-refractivity contribution in [3.8, 4) is 0 Å². The molecule has 0 unspecified atom stereocenters. The van der Waals surface area contributed by atoms with Crippen molar-refractivity contribution in [3.63, 3.8) is 0 Å². The second kappa shape index (κ2) is 5.33. The molecule has 0 heterocycles. The lowest BCUT2D eigenvalue weighted by Crippen LogP contribution is -2.53. The molecule has 19 heavy (non-hydrogen) atoms. The van der Waals surface area contributed by atoms with Gasteiger partial charge in [0, 0.05) is 20.1 Å². The van der Waals surface area contributed by atoms with Crippen LogP contribution >= 0.6 is 0 Å². The SMILES string of the molecule is Cc1ccc(CN(C)C(=O)C2(CN)CC(C)C2)cc1. The highest BCUT2D eigenvalue weighted by atomic mass is 16.2. The fraction of sp³-hybridized carbons (Fsp3) is 0.562. The fourth-order valence-corrected chi connectivity index (χ4v) is 3.15. The van der Waals surface area contributed by atoms with E-state index in [1.807, 2.05) is 11.9 Å². The third-order valence-electron chi connectivity index (χ3n) is 4.21. The first-order valence-corrected chi connectivity index (χ1v) is 6.98. The second-order valence-electron chi connectivity index (χ2n) is 6.14. The lowest BCUT2D eigenvalue weighted by molar-refractivity contribution is -0.148. The van der Waals surface area contributed by atoms with Crippen LogP contribution in [0, 0.1) is 18.3 Å². The molecule has 3 nitrogen and oxygen atoms in total. The number of hydrogen-bond donors (Lipinski definition) is 1. The van der Waals surface area contributed by atoms with Gasteiger partial charge in [-0.1, -0.05) is 36.8 Å². The van der Waals surface area contributed by atoms with Gasteiger partial charge in [-0.25, -0.2) is 0 Å². The molecule has 0 aromatic heterocycles. The molecular weight excluding hydrogens is 236 g/mol. The van der Waals surface area contributed by atoms with E-state index in [-0.39, 0.29) is 11.3 Å². The third-order valence-corrected chi connectivity index (χ3v) is 4.21. The summed E-state index contributed by atoms with van der Waals surface area (Å²) in [5.41, 5.74) is 7.95. The van der Waals surface area contributed by atoms with Crippen LogP contribution in [0.3, 0.4) is 0 Å². The van der Waals surface area contributed by atoms with Crippen LogP contribution in [0.5, 0.6) is 0 Å². The average Bonchev–Trinajstić information content (AvgIpc) is 2.36. The molecule has 0 radical (unpaired) electrons. The number of benzene rings is 1. The van der Waals surface area contributed by atoms with Gasteiger partial charge in [0.15, 0.2) is 0 Å². The molecule has 0 atom stereocenters. The molecule has 2 rings (SSSR count). The van der Waals surface area contributed by atoms with E-state index in [1.165, 1.54) is 11.1 Å². The Hall–Kier alpha value is -1.35. The van der Waals surface area contributed by atoms with Crippen LogP contribution in [0.2, 0.25) is 0 Å². The van der Waals surface area contributed by atoms with Gasteiger partial charge in [-0.15, -0.1) is 0 Å². The van der Waals surface area contributed by atoms with E-state index >= 15 is 0 Å². The van der Waals surface area contributed by atoms with Crippen LogP contribution in [-0.2, 0) is 11.3 Å². The molecule has 104 valence electrons. The monoisotopic (exact) mass is 260 g/mol. The molecule has 1 aliphatic carbocycles. The number of rotatable bonds is 4. The molecule has 0 bridgehead atoms. The van der Waals surface area contributed by atoms with E-state index in [0.29, 0.717) is 19.0 Å². The number of aryl methyl sites for hydroxylation is 1. The normalized spacial score (nSPS) is 25.8. The molecular formula is C16H24N2O. The molecule has 1 aliphatic rings. The van der Waals surface area contributed by atoms with Gasteiger partial charge in [0.25, 0.3) is 0 Å². The first kappa shape index (κ1) is 14.1. The largest absolute Gasteiger partial charge is 0.341 e. The van der Waals surface area contributed by atoms with Crippen LogP contribution in [0.15, 0.2) is 24.3 Å². The van der Waals surface area contributed by atoms with E-state index < -0.39 is 0 Å². The molecule has 0 aliphatic heterocycles. The minimum atomic E-state index is -0.293. The smallest absolute Gasteiger partial charge is 0.230 e. The highest BCUT2D eigenvalue weighted by molar-refractivity contribution is 5.83. The molecule has 0 spiro atoms. The topological polar surface area (TPSA) is 46.3 Å². The Kier molecular flexibility index (Phi) is 3.95. The van der Waals surface area contributed by atoms with Crippen molar-refractivity contribution in [2.75, 3.05) is 13.6 Å². The van der Waals surface area contributed by atoms with E-state index in [9.17, 15) is 4.79 Å². The number of carbonyl (C=O) groups is 1. The van der Waals surface area contributed by atoms with Gasteiger partial charge < -0.3 is 10.6 Å². The molecule has 1 aromatic carbocycles. The van der Waals surface area contributed by atoms with Crippen LogP contribution in [0.25, 0.3) is 0 Å². The molecule has 0 saturated heterocycles. The first-order chi connectivity index (χ1) is 8.97. The number of hydrogen-bond acceptors (Lipinski definition) is 2. The maximum Gasteiger partial charge on any atom is 0.230 e. The number of amides is 1. The summed E-state index contributed by atoms with van der Waals surface area (Å²) >= 11 is 0. The lowest BCUT2D eigenvalue weighted by Gasteiger charge is -2.46. The number of carbonyl (C=O) groups excluding carboxylic acids is 1. The van der Waals surface area contributed by atoms with Gasteiger partial charge in [0.1, 0.15) is 0 Å². The van der Waals surface area contributed by atoms with Crippen LogP contribution in [0.1, 0.15) is 30.9 Å².